The van der Waals surface area contributed by atoms with Gasteiger partial charge >= 0.3 is 6.17 Å². The molecule has 0 fully saturated rings. The van der Waals surface area contributed by atoms with Crippen molar-refractivity contribution in [2.75, 3.05) is 0 Å². The Balaban J connectivity index is 2.89. The molecule has 0 bridgehead atoms. The van der Waals surface area contributed by atoms with Gasteiger partial charge in [-0.3, -0.25) is 10.1 Å². The van der Waals surface area contributed by atoms with Crippen LogP contribution in [0.25, 0.3) is 0 Å². The van der Waals surface area contributed by atoms with Crippen molar-refractivity contribution in [3.63, 3.8) is 0 Å². The molecule has 5 heteroatoms. The summed E-state index contributed by atoms with van der Waals surface area (Å²) in [6, 6.07) is 0. The summed E-state index contributed by atoms with van der Waals surface area (Å²) >= 11 is 0. The Kier molecular flexibility index (Phi) is 2.10. The number of rotatable bonds is 1. The lowest BCUT2D eigenvalue weighted by atomic mass is 10.2. The molecule has 0 unspecified atom stereocenters. The van der Waals surface area contributed by atoms with Gasteiger partial charge in [-0.2, -0.15) is 5.26 Å². The molecule has 0 spiro atoms. The fourth-order valence-electron chi connectivity index (χ4n) is 0.929. The van der Waals surface area contributed by atoms with E-state index < -0.39 is 11.1 Å². The Hall–Kier alpha value is -1.83. The third-order valence-electron chi connectivity index (χ3n) is 1.49. The van der Waals surface area contributed by atoms with Crippen LogP contribution in [0.15, 0.2) is 23.9 Å². The summed E-state index contributed by atoms with van der Waals surface area (Å²) in [7, 11) is 0. The maximum absolute atomic E-state index is 10.4. The molecular weight excluding hydrogens is 158 g/mol. The number of nitro groups is 1. The van der Waals surface area contributed by atoms with Crippen LogP contribution in [0.3, 0.4) is 0 Å². The molecule has 62 valence electrons. The minimum Gasteiger partial charge on any atom is -0.262 e. The van der Waals surface area contributed by atoms with Gasteiger partial charge in [-0.1, -0.05) is 6.08 Å². The van der Waals surface area contributed by atoms with E-state index in [1.165, 1.54) is 12.3 Å². The molecule has 0 N–H and O–H groups in total. The quantitative estimate of drug-likeness (QED) is 0.328. The van der Waals surface area contributed by atoms with Gasteiger partial charge in [0.05, 0.1) is 4.92 Å². The second-order valence-electron chi connectivity index (χ2n) is 2.44. The maximum Gasteiger partial charge on any atom is 0.318 e. The molecule has 0 aromatic heterocycles. The van der Waals surface area contributed by atoms with Crippen molar-refractivity contribution in [3.8, 4) is 6.19 Å². The van der Waals surface area contributed by atoms with Crippen LogP contribution in [-0.2, 0) is 0 Å². The first-order valence-electron chi connectivity index (χ1n) is 3.33. The van der Waals surface area contributed by atoms with Crippen molar-refractivity contribution in [2.24, 2.45) is 0 Å². The van der Waals surface area contributed by atoms with Crippen LogP contribution < -0.4 is 0 Å². The fraction of sp³-hybridized carbons (Fsp3) is 0.286. The highest BCUT2D eigenvalue weighted by Gasteiger charge is 2.25. The first kappa shape index (κ1) is 8.27. The Bertz CT molecular complexity index is 300. The van der Waals surface area contributed by atoms with E-state index in [4.69, 9.17) is 5.26 Å². The zero-order chi connectivity index (χ0) is 9.14. The smallest absolute Gasteiger partial charge is 0.262 e. The van der Waals surface area contributed by atoms with Crippen molar-refractivity contribution < 1.29 is 4.92 Å². The van der Waals surface area contributed by atoms with E-state index in [0.717, 1.165) is 10.5 Å². The average Bonchev–Trinajstić information content (AvgIpc) is 2.03. The minimum absolute atomic E-state index is 0.511. The Morgan fingerprint density at radius 3 is 3.00 bits per heavy atom. The van der Waals surface area contributed by atoms with Gasteiger partial charge < -0.3 is 0 Å². The topological polar surface area (TPSA) is 70.2 Å². The third kappa shape index (κ3) is 1.42. The molecule has 1 aliphatic heterocycles. The lowest BCUT2D eigenvalue weighted by Gasteiger charge is -2.16. The molecule has 12 heavy (non-hydrogen) atoms. The van der Waals surface area contributed by atoms with Gasteiger partial charge in [0.15, 0.2) is 6.19 Å². The molecule has 0 saturated heterocycles. The minimum atomic E-state index is -1.04. The zero-order valence-electron chi connectivity index (χ0n) is 6.47. The molecule has 0 amide bonds. The summed E-state index contributed by atoms with van der Waals surface area (Å²) in [5, 5.41) is 18.9. The predicted molar refractivity (Wildman–Crippen MR) is 41.1 cm³/mol. The van der Waals surface area contributed by atoms with Gasteiger partial charge in [-0.15, -0.1) is 0 Å². The maximum atomic E-state index is 10.4. The molecule has 0 aliphatic carbocycles. The van der Waals surface area contributed by atoms with Crippen molar-refractivity contribution in [1.29, 1.82) is 5.26 Å². The van der Waals surface area contributed by atoms with Crippen LogP contribution in [0.5, 0.6) is 0 Å². The Morgan fingerprint density at radius 2 is 2.50 bits per heavy atom. The molecular formula is C7H7N3O2. The van der Waals surface area contributed by atoms with Gasteiger partial charge in [0.25, 0.3) is 0 Å². The normalized spacial score (nSPS) is 21.5. The zero-order valence-corrected chi connectivity index (χ0v) is 6.47. The van der Waals surface area contributed by atoms with Crippen molar-refractivity contribution in [1.82, 2.24) is 4.90 Å². The first-order chi connectivity index (χ1) is 5.65. The number of allylic oxidation sites excluding steroid dienone is 2. The van der Waals surface area contributed by atoms with E-state index in [0.29, 0.717) is 0 Å². The average molecular weight is 165 g/mol. The molecule has 1 heterocycles. The van der Waals surface area contributed by atoms with Crippen LogP contribution in [0.2, 0.25) is 0 Å². The summed E-state index contributed by atoms with van der Waals surface area (Å²) in [5.74, 6) is 0. The van der Waals surface area contributed by atoms with Crippen LogP contribution in [0, 0.1) is 21.6 Å². The first-order valence-corrected chi connectivity index (χ1v) is 3.33. The highest BCUT2D eigenvalue weighted by molar-refractivity contribution is 5.22. The SMILES string of the molecule is CC1=CN(C#N)[C@H]([N+](=O)[O-])C=C1. The van der Waals surface area contributed by atoms with Crippen molar-refractivity contribution in [2.45, 2.75) is 13.1 Å². The second-order valence-corrected chi connectivity index (χ2v) is 2.44. The van der Waals surface area contributed by atoms with Gasteiger partial charge in [0.2, 0.25) is 0 Å². The molecule has 0 radical (unpaired) electrons. The van der Waals surface area contributed by atoms with Crippen LogP contribution in [0.4, 0.5) is 0 Å². The molecule has 0 saturated carbocycles. The summed E-state index contributed by atoms with van der Waals surface area (Å²) in [6.45, 7) is 1.77. The number of hydrogen-bond donors (Lipinski definition) is 0. The van der Waals surface area contributed by atoms with Crippen molar-refractivity contribution >= 4 is 0 Å². The fourth-order valence-corrected chi connectivity index (χ4v) is 0.929. The van der Waals surface area contributed by atoms with Gasteiger partial charge in [0.1, 0.15) is 0 Å². The molecule has 5 nitrogen and oxygen atoms in total. The van der Waals surface area contributed by atoms with Crippen LogP contribution >= 0.6 is 0 Å². The highest BCUT2D eigenvalue weighted by atomic mass is 16.6. The van der Waals surface area contributed by atoms with Gasteiger partial charge in [0, 0.05) is 12.3 Å². The molecule has 0 aromatic carbocycles. The predicted octanol–water partition coefficient (Wildman–Crippen LogP) is 0.846. The Morgan fingerprint density at radius 1 is 1.83 bits per heavy atom. The summed E-state index contributed by atoms with van der Waals surface area (Å²) < 4.78 is 0. The van der Waals surface area contributed by atoms with Gasteiger partial charge in [-0.05, 0) is 12.5 Å². The van der Waals surface area contributed by atoms with E-state index in [1.54, 1.807) is 19.2 Å². The number of nitrogens with zero attached hydrogens (tertiary/aromatic N) is 3. The molecule has 1 rings (SSSR count). The van der Waals surface area contributed by atoms with Crippen LogP contribution in [0.1, 0.15) is 6.92 Å². The highest BCUT2D eigenvalue weighted by Crippen LogP contribution is 2.12. The van der Waals surface area contributed by atoms with Crippen molar-refractivity contribution in [3.05, 3.63) is 34.0 Å². The number of nitriles is 1. The lowest BCUT2D eigenvalue weighted by molar-refractivity contribution is -0.529. The van der Waals surface area contributed by atoms with Gasteiger partial charge in [-0.25, -0.2) is 4.90 Å². The third-order valence-corrected chi connectivity index (χ3v) is 1.49. The lowest BCUT2D eigenvalue weighted by Crippen LogP contribution is -2.33. The number of hydrogen-bond acceptors (Lipinski definition) is 4. The summed E-state index contributed by atoms with van der Waals surface area (Å²) in [4.78, 5) is 10.9. The largest absolute Gasteiger partial charge is 0.318 e. The van der Waals surface area contributed by atoms with E-state index >= 15 is 0 Å². The van der Waals surface area contributed by atoms with E-state index in [2.05, 4.69) is 0 Å². The molecule has 0 aromatic rings. The summed E-state index contributed by atoms with van der Waals surface area (Å²) in [6.07, 6.45) is 5.15. The monoisotopic (exact) mass is 165 g/mol. The molecule has 1 aliphatic rings. The Labute approximate surface area is 69.3 Å². The summed E-state index contributed by atoms with van der Waals surface area (Å²) in [5.41, 5.74) is 0.828. The van der Waals surface area contributed by atoms with E-state index in [1.807, 2.05) is 0 Å². The standard InChI is InChI=1S/C7H7N3O2/c1-6-2-3-7(10(11)12)9(4-6)5-8/h2-4,7H,1H3/t7-/m1/s1. The molecule has 1 atom stereocenters. The second kappa shape index (κ2) is 3.05. The van der Waals surface area contributed by atoms with E-state index in [-0.39, 0.29) is 0 Å². The van der Waals surface area contributed by atoms with Crippen LogP contribution in [-0.4, -0.2) is 16.0 Å². The van der Waals surface area contributed by atoms with E-state index in [9.17, 15) is 10.1 Å².